The highest BCUT2D eigenvalue weighted by molar-refractivity contribution is 5.88. The number of amides is 1. The van der Waals surface area contributed by atoms with E-state index >= 15 is 0 Å². The maximum absolute atomic E-state index is 12.2. The van der Waals surface area contributed by atoms with Crippen LogP contribution in [-0.2, 0) is 20.7 Å². The first-order valence-corrected chi connectivity index (χ1v) is 8.92. The normalized spacial score (nSPS) is 13.2. The second kappa shape index (κ2) is 9.36. The van der Waals surface area contributed by atoms with Crippen LogP contribution in [0.25, 0.3) is 11.0 Å². The lowest BCUT2D eigenvalue weighted by Crippen LogP contribution is -2.47. The number of carbonyl (C=O) groups excluding carboxylic acids is 2. The topological polar surface area (TPSA) is 115 Å². The summed E-state index contributed by atoms with van der Waals surface area (Å²) >= 11 is 0. The number of carbonyl (C=O) groups is 2. The Kier molecular flexibility index (Phi) is 7.17. The average molecular weight is 391 g/mol. The van der Waals surface area contributed by atoms with Crippen molar-refractivity contribution >= 4 is 22.8 Å². The zero-order valence-corrected chi connectivity index (χ0v) is 16.4. The van der Waals surface area contributed by atoms with Crippen molar-refractivity contribution < 1.29 is 28.6 Å². The molecule has 1 amide bonds. The first kappa shape index (κ1) is 21.4. The third kappa shape index (κ3) is 5.32. The Balaban J connectivity index is 2.33. The molecule has 0 saturated heterocycles. The SMILES string of the molecule is COC(=O)[C@@H](Cc1cc(=O)oc2cc(OC)ccc12)NC(=O)[C@H](O)CC(C)C. The maximum Gasteiger partial charge on any atom is 0.336 e. The fourth-order valence-electron chi connectivity index (χ4n) is 2.88. The first-order chi connectivity index (χ1) is 13.2. The molecule has 0 aliphatic carbocycles. The molecule has 8 nitrogen and oxygen atoms in total. The van der Waals surface area contributed by atoms with E-state index in [-0.39, 0.29) is 18.8 Å². The molecule has 1 aromatic heterocycles. The van der Waals surface area contributed by atoms with Gasteiger partial charge in [-0.25, -0.2) is 9.59 Å². The van der Waals surface area contributed by atoms with Crippen molar-refractivity contribution in [2.45, 2.75) is 38.8 Å². The predicted octanol–water partition coefficient (Wildman–Crippen LogP) is 1.41. The Hall–Kier alpha value is -2.87. The molecule has 8 heteroatoms. The number of aliphatic hydroxyl groups excluding tert-OH is 1. The summed E-state index contributed by atoms with van der Waals surface area (Å²) in [6.45, 7) is 3.75. The van der Waals surface area contributed by atoms with Gasteiger partial charge in [-0.05, 0) is 30.0 Å². The fraction of sp³-hybridized carbons (Fsp3) is 0.450. The number of hydrogen-bond acceptors (Lipinski definition) is 7. The summed E-state index contributed by atoms with van der Waals surface area (Å²) in [6.07, 6.45) is -0.979. The molecule has 2 atom stereocenters. The summed E-state index contributed by atoms with van der Waals surface area (Å²) in [5.74, 6) is -0.726. The molecule has 1 aromatic carbocycles. The second-order valence-corrected chi connectivity index (χ2v) is 6.89. The molecule has 2 N–H and O–H groups in total. The summed E-state index contributed by atoms with van der Waals surface area (Å²) in [5, 5.41) is 13.1. The van der Waals surface area contributed by atoms with Gasteiger partial charge in [0.2, 0.25) is 5.91 Å². The third-order valence-electron chi connectivity index (χ3n) is 4.26. The molecule has 28 heavy (non-hydrogen) atoms. The molecule has 0 fully saturated rings. The molecule has 152 valence electrons. The molecule has 0 unspecified atom stereocenters. The highest BCUT2D eigenvalue weighted by Gasteiger charge is 2.26. The van der Waals surface area contributed by atoms with Gasteiger partial charge in [0.1, 0.15) is 23.5 Å². The molecule has 2 aromatic rings. The number of fused-ring (bicyclic) bond motifs is 1. The molecule has 0 radical (unpaired) electrons. The van der Waals surface area contributed by atoms with Crippen molar-refractivity contribution in [1.82, 2.24) is 5.32 Å². The lowest BCUT2D eigenvalue weighted by molar-refractivity contribution is -0.146. The predicted molar refractivity (Wildman–Crippen MR) is 102 cm³/mol. The number of benzene rings is 1. The van der Waals surface area contributed by atoms with Crippen LogP contribution in [0.3, 0.4) is 0 Å². The highest BCUT2D eigenvalue weighted by atomic mass is 16.5. The lowest BCUT2D eigenvalue weighted by atomic mass is 10.0. The lowest BCUT2D eigenvalue weighted by Gasteiger charge is -2.20. The second-order valence-electron chi connectivity index (χ2n) is 6.89. The fourth-order valence-corrected chi connectivity index (χ4v) is 2.88. The number of esters is 1. The van der Waals surface area contributed by atoms with Gasteiger partial charge in [0.25, 0.3) is 0 Å². The quantitative estimate of drug-likeness (QED) is 0.516. The van der Waals surface area contributed by atoms with E-state index in [1.165, 1.54) is 20.3 Å². The summed E-state index contributed by atoms with van der Waals surface area (Å²) in [6, 6.07) is 5.17. The zero-order valence-electron chi connectivity index (χ0n) is 16.4. The van der Waals surface area contributed by atoms with Crippen molar-refractivity contribution in [1.29, 1.82) is 0 Å². The zero-order chi connectivity index (χ0) is 20.8. The highest BCUT2D eigenvalue weighted by Crippen LogP contribution is 2.23. The minimum atomic E-state index is -1.24. The number of rotatable bonds is 8. The van der Waals surface area contributed by atoms with E-state index in [2.05, 4.69) is 5.32 Å². The van der Waals surface area contributed by atoms with Crippen LogP contribution in [0.1, 0.15) is 25.8 Å². The van der Waals surface area contributed by atoms with Crippen LogP contribution in [0.2, 0.25) is 0 Å². The van der Waals surface area contributed by atoms with Crippen molar-refractivity contribution in [3.05, 3.63) is 40.2 Å². The Morgan fingerprint density at radius 3 is 2.54 bits per heavy atom. The third-order valence-corrected chi connectivity index (χ3v) is 4.26. The standard InChI is InChI=1S/C20H25NO7/c1-11(2)7-16(22)19(24)21-15(20(25)27-4)8-12-9-18(23)28-17-10-13(26-3)5-6-14(12)17/h5-6,9-11,15-16,22H,7-8H2,1-4H3,(H,21,24)/t15-,16-/m1/s1. The number of nitrogens with one attached hydrogen (secondary N) is 1. The van der Waals surface area contributed by atoms with Gasteiger partial charge in [-0.1, -0.05) is 13.8 Å². The Morgan fingerprint density at radius 1 is 1.21 bits per heavy atom. The smallest absolute Gasteiger partial charge is 0.336 e. The Morgan fingerprint density at radius 2 is 1.93 bits per heavy atom. The van der Waals surface area contributed by atoms with Crippen LogP contribution >= 0.6 is 0 Å². The van der Waals surface area contributed by atoms with Gasteiger partial charge in [0, 0.05) is 23.9 Å². The Bertz CT molecular complexity index is 903. The summed E-state index contributed by atoms with van der Waals surface area (Å²) < 4.78 is 15.1. The van der Waals surface area contributed by atoms with E-state index < -0.39 is 29.6 Å². The van der Waals surface area contributed by atoms with Crippen molar-refractivity contribution in [2.24, 2.45) is 5.92 Å². The molecule has 2 rings (SSSR count). The summed E-state index contributed by atoms with van der Waals surface area (Å²) in [5.41, 5.74) is 0.213. The van der Waals surface area contributed by atoms with Crippen LogP contribution in [0, 0.1) is 5.92 Å². The maximum atomic E-state index is 12.2. The van der Waals surface area contributed by atoms with Crippen molar-refractivity contribution in [2.75, 3.05) is 14.2 Å². The van der Waals surface area contributed by atoms with E-state index in [9.17, 15) is 19.5 Å². The first-order valence-electron chi connectivity index (χ1n) is 8.92. The van der Waals surface area contributed by atoms with Crippen LogP contribution in [0.5, 0.6) is 5.75 Å². The van der Waals surface area contributed by atoms with Gasteiger partial charge in [0.05, 0.1) is 14.2 Å². The number of ether oxygens (including phenoxy) is 2. The molecule has 0 spiro atoms. The van der Waals surface area contributed by atoms with E-state index in [0.717, 1.165) is 0 Å². The number of hydrogen-bond donors (Lipinski definition) is 2. The molecule has 0 aliphatic heterocycles. The minimum Gasteiger partial charge on any atom is -0.497 e. The average Bonchev–Trinajstić information content (AvgIpc) is 2.65. The molecule has 0 aliphatic rings. The van der Waals surface area contributed by atoms with Crippen LogP contribution < -0.4 is 15.7 Å². The van der Waals surface area contributed by atoms with Crippen LogP contribution in [0.4, 0.5) is 0 Å². The molecule has 0 bridgehead atoms. The van der Waals surface area contributed by atoms with E-state index in [1.807, 2.05) is 13.8 Å². The van der Waals surface area contributed by atoms with Gasteiger partial charge in [-0.2, -0.15) is 0 Å². The summed E-state index contributed by atoms with van der Waals surface area (Å²) in [4.78, 5) is 36.4. The Labute approximate surface area is 162 Å². The summed E-state index contributed by atoms with van der Waals surface area (Å²) in [7, 11) is 2.70. The van der Waals surface area contributed by atoms with Gasteiger partial charge in [0.15, 0.2) is 0 Å². The largest absolute Gasteiger partial charge is 0.497 e. The molecule has 0 saturated carbocycles. The van der Waals surface area contributed by atoms with Gasteiger partial charge in [-0.3, -0.25) is 4.79 Å². The van der Waals surface area contributed by atoms with E-state index in [1.54, 1.807) is 18.2 Å². The van der Waals surface area contributed by atoms with Crippen molar-refractivity contribution in [3.63, 3.8) is 0 Å². The number of aliphatic hydroxyl groups is 1. The minimum absolute atomic E-state index is 0.00123. The molecular formula is C20H25NO7. The monoisotopic (exact) mass is 391 g/mol. The van der Waals surface area contributed by atoms with Crippen LogP contribution in [0.15, 0.2) is 33.5 Å². The number of methoxy groups -OCH3 is 2. The van der Waals surface area contributed by atoms with Gasteiger partial charge >= 0.3 is 11.6 Å². The van der Waals surface area contributed by atoms with Gasteiger partial charge < -0.3 is 24.3 Å². The molecular weight excluding hydrogens is 366 g/mol. The van der Waals surface area contributed by atoms with Crippen molar-refractivity contribution in [3.8, 4) is 5.75 Å². The van der Waals surface area contributed by atoms with E-state index in [0.29, 0.717) is 22.3 Å². The van der Waals surface area contributed by atoms with Gasteiger partial charge in [-0.15, -0.1) is 0 Å². The van der Waals surface area contributed by atoms with Crippen LogP contribution in [-0.4, -0.2) is 43.3 Å². The van der Waals surface area contributed by atoms with E-state index in [4.69, 9.17) is 13.9 Å². The molecule has 1 heterocycles.